The Kier molecular flexibility index (Phi) is 5.96. The molecule has 0 saturated heterocycles. The predicted molar refractivity (Wildman–Crippen MR) is 99.6 cm³/mol. The van der Waals surface area contributed by atoms with E-state index < -0.39 is 40.6 Å². The minimum atomic E-state index is -2.37. The standard InChI is InChI=1S/C22H14F5NO2/c1-11-3-7-13(8-4-11)21(14-9-5-12(2)6-10-14)28-30-22(29)15-16(23)18(25)20(27)19(26)17(15)24/h3-10H,1-2H3. The van der Waals surface area contributed by atoms with Crippen LogP contribution in [0.2, 0.25) is 0 Å². The molecule has 0 atom stereocenters. The minimum Gasteiger partial charge on any atom is -0.312 e. The minimum absolute atomic E-state index is 0.132. The van der Waals surface area contributed by atoms with Gasteiger partial charge in [-0.25, -0.2) is 26.7 Å². The molecule has 0 radical (unpaired) electrons. The molecular formula is C22H14F5NO2. The van der Waals surface area contributed by atoms with Crippen LogP contribution >= 0.6 is 0 Å². The average Bonchev–Trinajstić information content (AvgIpc) is 2.73. The third kappa shape index (κ3) is 4.07. The van der Waals surface area contributed by atoms with Gasteiger partial charge in [0.1, 0.15) is 11.3 Å². The van der Waals surface area contributed by atoms with Crippen molar-refractivity contribution in [2.75, 3.05) is 0 Å². The lowest BCUT2D eigenvalue weighted by atomic mass is 10.0. The second-order valence-electron chi connectivity index (χ2n) is 6.50. The number of nitrogens with zero attached hydrogens (tertiary/aromatic N) is 1. The third-order valence-corrected chi connectivity index (χ3v) is 4.28. The van der Waals surface area contributed by atoms with Gasteiger partial charge in [-0.15, -0.1) is 0 Å². The van der Waals surface area contributed by atoms with Crippen molar-refractivity contribution in [3.05, 3.63) is 105 Å². The van der Waals surface area contributed by atoms with Crippen molar-refractivity contribution in [3.63, 3.8) is 0 Å². The van der Waals surface area contributed by atoms with Crippen LogP contribution in [0.15, 0.2) is 53.7 Å². The van der Waals surface area contributed by atoms with Crippen molar-refractivity contribution in [2.24, 2.45) is 5.16 Å². The van der Waals surface area contributed by atoms with Crippen LogP contribution in [-0.4, -0.2) is 11.7 Å². The number of benzene rings is 3. The Hall–Kier alpha value is -3.55. The Balaban J connectivity index is 2.04. The van der Waals surface area contributed by atoms with Crippen molar-refractivity contribution in [3.8, 4) is 0 Å². The molecule has 0 fully saturated rings. The van der Waals surface area contributed by atoms with Crippen LogP contribution in [0.4, 0.5) is 22.0 Å². The summed E-state index contributed by atoms with van der Waals surface area (Å²) < 4.78 is 67.6. The number of aryl methyl sites for hydroxylation is 2. The lowest BCUT2D eigenvalue weighted by Gasteiger charge is -2.09. The van der Waals surface area contributed by atoms with Gasteiger partial charge >= 0.3 is 5.97 Å². The molecular weight excluding hydrogens is 405 g/mol. The number of carbonyl (C=O) groups excluding carboxylic acids is 1. The van der Waals surface area contributed by atoms with E-state index in [1.54, 1.807) is 48.5 Å². The summed E-state index contributed by atoms with van der Waals surface area (Å²) in [5, 5.41) is 3.66. The number of hydrogen-bond acceptors (Lipinski definition) is 3. The molecule has 3 rings (SSSR count). The molecule has 0 unspecified atom stereocenters. The number of oxime groups is 1. The fourth-order valence-electron chi connectivity index (χ4n) is 2.61. The molecule has 0 saturated carbocycles. The van der Waals surface area contributed by atoms with Gasteiger partial charge in [0.05, 0.1) is 0 Å². The fourth-order valence-corrected chi connectivity index (χ4v) is 2.61. The van der Waals surface area contributed by atoms with E-state index in [1.165, 1.54) is 0 Å². The zero-order chi connectivity index (χ0) is 22.0. The Morgan fingerprint density at radius 1 is 0.667 bits per heavy atom. The highest BCUT2D eigenvalue weighted by Gasteiger charge is 2.31. The van der Waals surface area contributed by atoms with E-state index >= 15 is 0 Å². The van der Waals surface area contributed by atoms with Crippen molar-refractivity contribution in [1.29, 1.82) is 0 Å². The van der Waals surface area contributed by atoms with Crippen molar-refractivity contribution in [1.82, 2.24) is 0 Å². The van der Waals surface area contributed by atoms with Gasteiger partial charge in [-0.1, -0.05) is 64.8 Å². The molecule has 8 heteroatoms. The van der Waals surface area contributed by atoms with Gasteiger partial charge in [-0.2, -0.15) is 0 Å². The number of carbonyl (C=O) groups is 1. The molecule has 3 aromatic rings. The summed E-state index contributed by atoms with van der Waals surface area (Å²) in [5.41, 5.74) is 1.32. The first-order valence-corrected chi connectivity index (χ1v) is 8.65. The largest absolute Gasteiger partial charge is 0.371 e. The first kappa shape index (κ1) is 21.2. The zero-order valence-electron chi connectivity index (χ0n) is 15.8. The maximum Gasteiger partial charge on any atom is 0.371 e. The monoisotopic (exact) mass is 419 g/mol. The molecule has 0 aliphatic rings. The van der Waals surface area contributed by atoms with Gasteiger partial charge in [-0.3, -0.25) is 0 Å². The van der Waals surface area contributed by atoms with Gasteiger partial charge < -0.3 is 4.84 Å². The highest BCUT2D eigenvalue weighted by molar-refractivity contribution is 6.13. The zero-order valence-corrected chi connectivity index (χ0v) is 15.8. The molecule has 0 spiro atoms. The van der Waals surface area contributed by atoms with Crippen LogP contribution in [0.1, 0.15) is 32.6 Å². The van der Waals surface area contributed by atoms with E-state index in [1.807, 2.05) is 13.8 Å². The molecule has 0 aromatic heterocycles. The molecule has 154 valence electrons. The second kappa shape index (κ2) is 8.44. The maximum atomic E-state index is 13.8. The summed E-state index contributed by atoms with van der Waals surface area (Å²) in [6.45, 7) is 3.71. The molecule has 3 nitrogen and oxygen atoms in total. The van der Waals surface area contributed by atoms with E-state index in [2.05, 4.69) is 9.99 Å². The fraction of sp³-hybridized carbons (Fsp3) is 0.0909. The van der Waals surface area contributed by atoms with Crippen LogP contribution in [0.5, 0.6) is 0 Å². The molecule has 0 aliphatic carbocycles. The molecule has 3 aromatic carbocycles. The average molecular weight is 419 g/mol. The summed E-state index contributed by atoms with van der Waals surface area (Å²) in [4.78, 5) is 16.7. The SMILES string of the molecule is Cc1ccc(C(=NOC(=O)c2c(F)c(F)c(F)c(F)c2F)c2ccc(C)cc2)cc1. The summed E-state index contributed by atoms with van der Waals surface area (Å²) in [5.74, 6) is -13.3. The van der Waals surface area contributed by atoms with Crippen molar-refractivity contribution >= 4 is 11.7 Å². The quantitative estimate of drug-likeness (QED) is 0.138. The van der Waals surface area contributed by atoms with Gasteiger partial charge in [0.2, 0.25) is 5.82 Å². The lowest BCUT2D eigenvalue weighted by Crippen LogP contribution is -2.15. The number of rotatable bonds is 4. The van der Waals surface area contributed by atoms with Crippen LogP contribution < -0.4 is 0 Å². The van der Waals surface area contributed by atoms with Crippen molar-refractivity contribution in [2.45, 2.75) is 13.8 Å². The lowest BCUT2D eigenvalue weighted by molar-refractivity contribution is 0.0502. The highest BCUT2D eigenvalue weighted by atomic mass is 19.2. The van der Waals surface area contributed by atoms with E-state index in [0.717, 1.165) is 11.1 Å². The van der Waals surface area contributed by atoms with Gasteiger partial charge in [-0.05, 0) is 13.8 Å². The molecule has 0 bridgehead atoms. The van der Waals surface area contributed by atoms with Gasteiger partial charge in [0.25, 0.3) is 0 Å². The third-order valence-electron chi connectivity index (χ3n) is 4.28. The van der Waals surface area contributed by atoms with Crippen LogP contribution in [0, 0.1) is 42.9 Å². The van der Waals surface area contributed by atoms with Crippen molar-refractivity contribution < 1.29 is 31.6 Å². The Morgan fingerprint density at radius 3 is 1.43 bits per heavy atom. The second-order valence-corrected chi connectivity index (χ2v) is 6.50. The summed E-state index contributed by atoms with van der Waals surface area (Å²) in [6.07, 6.45) is 0. The Labute approximate surface area is 168 Å². The molecule has 0 N–H and O–H groups in total. The summed E-state index contributed by atoms with van der Waals surface area (Å²) in [7, 11) is 0. The molecule has 30 heavy (non-hydrogen) atoms. The number of hydrogen-bond donors (Lipinski definition) is 0. The van der Waals surface area contributed by atoms with E-state index in [9.17, 15) is 26.7 Å². The predicted octanol–water partition coefficient (Wildman–Crippen LogP) is 5.61. The smallest absolute Gasteiger partial charge is 0.312 e. The van der Waals surface area contributed by atoms with Crippen LogP contribution in [-0.2, 0) is 4.84 Å². The summed E-state index contributed by atoms with van der Waals surface area (Å²) in [6, 6.07) is 13.8. The van der Waals surface area contributed by atoms with Gasteiger partial charge in [0.15, 0.2) is 23.3 Å². The van der Waals surface area contributed by atoms with Crippen LogP contribution in [0.3, 0.4) is 0 Å². The van der Waals surface area contributed by atoms with Crippen LogP contribution in [0.25, 0.3) is 0 Å². The van der Waals surface area contributed by atoms with E-state index in [4.69, 9.17) is 0 Å². The van der Waals surface area contributed by atoms with E-state index in [0.29, 0.717) is 11.1 Å². The molecule has 0 heterocycles. The van der Waals surface area contributed by atoms with E-state index in [-0.39, 0.29) is 5.71 Å². The first-order valence-electron chi connectivity index (χ1n) is 8.65. The topological polar surface area (TPSA) is 38.7 Å². The Bertz CT molecular complexity index is 1060. The number of halogens is 5. The molecule has 0 aliphatic heterocycles. The molecule has 0 amide bonds. The van der Waals surface area contributed by atoms with Gasteiger partial charge in [0, 0.05) is 11.1 Å². The first-order chi connectivity index (χ1) is 14.2. The Morgan fingerprint density at radius 2 is 1.03 bits per heavy atom. The normalized spacial score (nSPS) is 10.6. The highest BCUT2D eigenvalue weighted by Crippen LogP contribution is 2.24. The maximum absolute atomic E-state index is 13.8. The summed E-state index contributed by atoms with van der Waals surface area (Å²) >= 11 is 0.